The summed E-state index contributed by atoms with van der Waals surface area (Å²) in [6.45, 7) is 5.38. The Kier molecular flexibility index (Phi) is 11.2. The summed E-state index contributed by atoms with van der Waals surface area (Å²) in [6, 6.07) is 1.09. The number of urea groups is 1. The maximum Gasteiger partial charge on any atom is 0.319 e. The van der Waals surface area contributed by atoms with Crippen LogP contribution >= 0.6 is 0 Å². The predicted molar refractivity (Wildman–Crippen MR) is 151 cm³/mol. The van der Waals surface area contributed by atoms with E-state index in [-0.39, 0.29) is 29.8 Å². The summed E-state index contributed by atoms with van der Waals surface area (Å²) in [5.41, 5.74) is 1.02. The molecule has 0 radical (unpaired) electrons. The smallest absolute Gasteiger partial charge is 0.319 e. The maximum absolute atomic E-state index is 14.8. The molecule has 1 aliphatic rings. The number of hydrogen-bond donors (Lipinski definition) is 2. The zero-order valence-electron chi connectivity index (χ0n) is 23.9. The normalized spacial score (nSPS) is 17.1. The van der Waals surface area contributed by atoms with Crippen molar-refractivity contribution in [2.24, 2.45) is 0 Å². The summed E-state index contributed by atoms with van der Waals surface area (Å²) in [5, 5.41) is 3.74. The molecule has 3 aromatic rings. The Morgan fingerprint density at radius 3 is 2.59 bits per heavy atom. The minimum Gasteiger partial charge on any atom is -0.379 e. The third-order valence-corrected chi connectivity index (χ3v) is 6.96. The number of ether oxygens (including phenoxy) is 3. The molecular formula is C28H39F2N7O4. The second-order valence-corrected chi connectivity index (χ2v) is 10.1. The number of aromatic amines is 1. The number of pyridine rings is 1. The number of halogens is 2. The molecule has 224 valence electrons. The van der Waals surface area contributed by atoms with Crippen LogP contribution in [0.25, 0.3) is 22.4 Å². The quantitative estimate of drug-likeness (QED) is 0.276. The monoisotopic (exact) mass is 575 g/mol. The molecule has 41 heavy (non-hydrogen) atoms. The van der Waals surface area contributed by atoms with Gasteiger partial charge >= 0.3 is 6.03 Å². The molecule has 0 saturated heterocycles. The second kappa shape index (κ2) is 15.0. The van der Waals surface area contributed by atoms with E-state index in [0.717, 1.165) is 31.7 Å². The van der Waals surface area contributed by atoms with Crippen LogP contribution in [0.4, 0.5) is 19.4 Å². The molecule has 0 aromatic carbocycles. The molecule has 2 N–H and O–H groups in total. The van der Waals surface area contributed by atoms with Gasteiger partial charge in [-0.3, -0.25) is 0 Å². The summed E-state index contributed by atoms with van der Waals surface area (Å²) in [6.07, 6.45) is 6.99. The molecule has 11 nitrogen and oxygen atoms in total. The average Bonchev–Trinajstić information content (AvgIpc) is 3.38. The van der Waals surface area contributed by atoms with Gasteiger partial charge in [0.2, 0.25) is 0 Å². The Morgan fingerprint density at radius 1 is 1.07 bits per heavy atom. The molecule has 0 aliphatic heterocycles. The van der Waals surface area contributed by atoms with E-state index in [1.54, 1.807) is 25.2 Å². The zero-order chi connectivity index (χ0) is 29.2. The van der Waals surface area contributed by atoms with E-state index < -0.39 is 11.6 Å². The summed E-state index contributed by atoms with van der Waals surface area (Å²) in [7, 11) is 3.45. The number of nitrogens with zero attached hydrogens (tertiary/aromatic N) is 5. The lowest BCUT2D eigenvalue weighted by Crippen LogP contribution is -2.50. The Morgan fingerprint density at radius 2 is 1.83 bits per heavy atom. The fourth-order valence-electron chi connectivity index (χ4n) is 4.97. The largest absolute Gasteiger partial charge is 0.379 e. The fourth-order valence-corrected chi connectivity index (χ4v) is 4.97. The number of anilines is 1. The van der Waals surface area contributed by atoms with Crippen LogP contribution in [-0.2, 0) is 14.2 Å². The first-order valence-electron chi connectivity index (χ1n) is 14.0. The van der Waals surface area contributed by atoms with Crippen LogP contribution in [0.5, 0.6) is 0 Å². The van der Waals surface area contributed by atoms with Crippen molar-refractivity contribution in [2.75, 3.05) is 65.6 Å². The van der Waals surface area contributed by atoms with Gasteiger partial charge in [0.25, 0.3) is 0 Å². The van der Waals surface area contributed by atoms with E-state index in [0.29, 0.717) is 69.2 Å². The van der Waals surface area contributed by atoms with Crippen LogP contribution < -0.4 is 5.32 Å². The van der Waals surface area contributed by atoms with Gasteiger partial charge in [0.1, 0.15) is 11.5 Å². The summed E-state index contributed by atoms with van der Waals surface area (Å²) in [5.74, 6) is -0.751. The van der Waals surface area contributed by atoms with E-state index >= 15 is 0 Å². The van der Waals surface area contributed by atoms with Crippen LogP contribution in [0.2, 0.25) is 0 Å². The first-order valence-corrected chi connectivity index (χ1v) is 14.0. The number of carbonyl (C=O) groups is 1. The lowest BCUT2D eigenvalue weighted by Gasteiger charge is -2.39. The molecule has 2 atom stereocenters. The van der Waals surface area contributed by atoms with Gasteiger partial charge in [-0.15, -0.1) is 0 Å². The minimum absolute atomic E-state index is 0.0470. The third-order valence-electron chi connectivity index (χ3n) is 6.96. The van der Waals surface area contributed by atoms with Gasteiger partial charge in [0.05, 0.1) is 45.4 Å². The number of amides is 2. The highest BCUT2D eigenvalue weighted by Gasteiger charge is 2.31. The van der Waals surface area contributed by atoms with Gasteiger partial charge in [0, 0.05) is 56.5 Å². The Hall–Kier alpha value is -3.42. The Labute approximate surface area is 238 Å². The number of hydrogen-bond acceptors (Lipinski definition) is 8. The van der Waals surface area contributed by atoms with Crippen molar-refractivity contribution in [3.8, 4) is 11.4 Å². The molecular weight excluding hydrogens is 536 g/mol. The van der Waals surface area contributed by atoms with Crippen molar-refractivity contribution in [3.63, 3.8) is 0 Å². The van der Waals surface area contributed by atoms with Crippen molar-refractivity contribution in [2.45, 2.75) is 44.7 Å². The van der Waals surface area contributed by atoms with Crippen LogP contribution in [0.1, 0.15) is 32.6 Å². The maximum atomic E-state index is 14.8. The summed E-state index contributed by atoms with van der Waals surface area (Å²) < 4.78 is 45.1. The van der Waals surface area contributed by atoms with Crippen molar-refractivity contribution >= 4 is 22.9 Å². The van der Waals surface area contributed by atoms with E-state index in [1.807, 2.05) is 11.8 Å². The molecule has 1 saturated carbocycles. The van der Waals surface area contributed by atoms with E-state index in [9.17, 15) is 13.6 Å². The van der Waals surface area contributed by atoms with Gasteiger partial charge in [-0.05, 0) is 38.7 Å². The number of rotatable bonds is 14. The molecule has 1 fully saturated rings. The molecule has 3 aromatic heterocycles. The highest BCUT2D eigenvalue weighted by molar-refractivity contribution is 5.91. The lowest BCUT2D eigenvalue weighted by molar-refractivity contribution is 0.0110. The summed E-state index contributed by atoms with van der Waals surface area (Å²) in [4.78, 5) is 32.0. The van der Waals surface area contributed by atoms with Gasteiger partial charge in [0.15, 0.2) is 17.5 Å². The third kappa shape index (κ3) is 8.30. The Balaban J connectivity index is 1.37. The van der Waals surface area contributed by atoms with Gasteiger partial charge < -0.3 is 34.3 Å². The SMILES string of the molecule is CCOCCOCCOCCN(C(=O)N(C)C)[C@@H]1CCC[C@H](Nc2nc(-c3c[nH]c4ncc(F)cc34)ncc2F)C1. The van der Waals surface area contributed by atoms with Gasteiger partial charge in [-0.1, -0.05) is 0 Å². The molecule has 0 spiro atoms. The summed E-state index contributed by atoms with van der Waals surface area (Å²) >= 11 is 0. The highest BCUT2D eigenvalue weighted by atomic mass is 19.1. The van der Waals surface area contributed by atoms with Crippen molar-refractivity contribution in [1.82, 2.24) is 29.7 Å². The standard InChI is InChI=1S/C28H39F2N7O4/c1-4-39-10-11-41-13-12-40-9-8-37(28(38)36(2)3)21-7-5-6-20(15-21)34-27-24(30)18-33-26(35-27)23-17-32-25-22(23)14-19(29)16-31-25/h14,16-18,20-21H,4-13,15H2,1-3H3,(H,31,32)(H,33,34,35)/t20-,21+/m0/s1. The topological polar surface area (TPSA) is 118 Å². The predicted octanol–water partition coefficient (Wildman–Crippen LogP) is 4.07. The van der Waals surface area contributed by atoms with Crippen molar-refractivity contribution in [1.29, 1.82) is 0 Å². The molecule has 3 heterocycles. The Bertz CT molecular complexity index is 1280. The van der Waals surface area contributed by atoms with Crippen LogP contribution in [0, 0.1) is 11.6 Å². The molecule has 4 rings (SSSR count). The molecule has 13 heteroatoms. The number of H-pyrrole nitrogens is 1. The average molecular weight is 576 g/mol. The number of nitrogens with one attached hydrogen (secondary N) is 2. The highest BCUT2D eigenvalue weighted by Crippen LogP contribution is 2.29. The van der Waals surface area contributed by atoms with E-state index in [1.165, 1.54) is 6.07 Å². The fraction of sp³-hybridized carbons (Fsp3) is 0.571. The van der Waals surface area contributed by atoms with Crippen molar-refractivity contribution < 1.29 is 27.8 Å². The van der Waals surface area contributed by atoms with Gasteiger partial charge in [-0.2, -0.15) is 0 Å². The lowest BCUT2D eigenvalue weighted by atomic mass is 9.90. The zero-order valence-corrected chi connectivity index (χ0v) is 23.9. The minimum atomic E-state index is -0.585. The second-order valence-electron chi connectivity index (χ2n) is 10.1. The molecule has 0 bridgehead atoms. The van der Waals surface area contributed by atoms with Gasteiger partial charge in [-0.25, -0.2) is 28.5 Å². The first kappa shape index (κ1) is 30.5. The molecule has 2 amide bonds. The van der Waals surface area contributed by atoms with Crippen LogP contribution in [0.15, 0.2) is 24.7 Å². The van der Waals surface area contributed by atoms with E-state index in [4.69, 9.17) is 14.2 Å². The molecule has 0 unspecified atom stereocenters. The van der Waals surface area contributed by atoms with Crippen LogP contribution in [-0.4, -0.2) is 108 Å². The number of fused-ring (bicyclic) bond motifs is 1. The van der Waals surface area contributed by atoms with E-state index in [2.05, 4.69) is 25.3 Å². The molecule has 1 aliphatic carbocycles. The van der Waals surface area contributed by atoms with Crippen LogP contribution in [0.3, 0.4) is 0 Å². The van der Waals surface area contributed by atoms with Crippen molar-refractivity contribution in [3.05, 3.63) is 36.3 Å². The first-order chi connectivity index (χ1) is 19.9. The number of carbonyl (C=O) groups excluding carboxylic acids is 1. The number of aromatic nitrogens is 4.